The van der Waals surface area contributed by atoms with E-state index in [2.05, 4.69) is 36.9 Å². The molecule has 1 aromatic rings. The first kappa shape index (κ1) is 50.5. The van der Waals surface area contributed by atoms with Crippen molar-refractivity contribution in [2.75, 3.05) is 19.7 Å². The van der Waals surface area contributed by atoms with Crippen molar-refractivity contribution >= 4 is 47.3 Å². The summed E-state index contributed by atoms with van der Waals surface area (Å²) in [6.07, 6.45) is 1.34. The van der Waals surface area contributed by atoms with Crippen LogP contribution in [-0.4, -0.2) is 113 Å². The molecular weight excluding hydrogens is 754 g/mol. The van der Waals surface area contributed by atoms with E-state index in [1.165, 1.54) is 12.1 Å². The summed E-state index contributed by atoms with van der Waals surface area (Å²) in [5.41, 5.74) is 22.6. The Kier molecular flexibility index (Phi) is 22.4. The van der Waals surface area contributed by atoms with Gasteiger partial charge in [-0.05, 0) is 54.7 Å². The Hall–Kier alpha value is -5.50. The predicted molar refractivity (Wildman–Crippen MR) is 217 cm³/mol. The summed E-state index contributed by atoms with van der Waals surface area (Å²) in [5, 5.41) is 34.6. The van der Waals surface area contributed by atoms with E-state index in [1.807, 2.05) is 20.8 Å². The summed E-state index contributed by atoms with van der Waals surface area (Å²) in [6.45, 7) is 9.62. The molecule has 0 bridgehead atoms. The molecule has 20 nitrogen and oxygen atoms in total. The molecule has 0 saturated carbocycles. The first-order valence-corrected chi connectivity index (χ1v) is 19.5. The van der Waals surface area contributed by atoms with E-state index in [-0.39, 0.29) is 55.8 Å². The Balaban J connectivity index is 3.27. The van der Waals surface area contributed by atoms with Gasteiger partial charge in [0, 0.05) is 13.0 Å². The van der Waals surface area contributed by atoms with Crippen molar-refractivity contribution in [1.29, 1.82) is 0 Å². The number of benzene rings is 1. The van der Waals surface area contributed by atoms with Crippen LogP contribution in [0.3, 0.4) is 0 Å². The largest absolute Gasteiger partial charge is 0.508 e. The van der Waals surface area contributed by atoms with E-state index in [9.17, 15) is 43.8 Å². The highest BCUT2D eigenvalue weighted by molar-refractivity contribution is 5.96. The van der Waals surface area contributed by atoms with Crippen LogP contribution in [0.25, 0.3) is 0 Å². The van der Waals surface area contributed by atoms with Gasteiger partial charge < -0.3 is 65.0 Å². The molecule has 0 aliphatic rings. The van der Waals surface area contributed by atoms with Crippen molar-refractivity contribution in [2.45, 2.75) is 116 Å². The van der Waals surface area contributed by atoms with Crippen LogP contribution in [0, 0.1) is 17.8 Å². The number of nitrogens with two attached hydrogens (primary N) is 4. The second-order valence-corrected chi connectivity index (χ2v) is 14.8. The van der Waals surface area contributed by atoms with Crippen LogP contribution < -0.4 is 54.8 Å². The predicted octanol–water partition coefficient (Wildman–Crippen LogP) is -2.53. The van der Waals surface area contributed by atoms with Gasteiger partial charge in [-0.1, -0.05) is 66.5 Å². The van der Waals surface area contributed by atoms with Gasteiger partial charge in [0.05, 0.1) is 13.2 Å². The molecule has 0 aromatic heterocycles. The summed E-state index contributed by atoms with van der Waals surface area (Å²) in [7, 11) is 0. The number of primary amides is 1. The number of amides is 7. The smallest absolute Gasteiger partial charge is 0.243 e. The number of aliphatic hydroxyl groups is 1. The second kappa shape index (κ2) is 25.7. The summed E-state index contributed by atoms with van der Waals surface area (Å²) in [4.78, 5) is 96.2. The Labute approximate surface area is 339 Å². The van der Waals surface area contributed by atoms with Crippen molar-refractivity contribution in [2.24, 2.45) is 45.7 Å². The molecule has 20 heteroatoms. The van der Waals surface area contributed by atoms with Crippen LogP contribution in [0.4, 0.5) is 0 Å². The third-order valence-electron chi connectivity index (χ3n) is 9.51. The number of rotatable bonds is 26. The third kappa shape index (κ3) is 18.2. The summed E-state index contributed by atoms with van der Waals surface area (Å²) >= 11 is 0. The number of phenolic OH excluding ortho intramolecular Hbond substituents is 1. The number of guanidine groups is 1. The van der Waals surface area contributed by atoms with E-state index in [1.54, 1.807) is 32.9 Å². The molecule has 7 amide bonds. The maximum atomic E-state index is 13.8. The first-order valence-electron chi connectivity index (χ1n) is 19.5. The van der Waals surface area contributed by atoms with Crippen molar-refractivity contribution in [3.05, 3.63) is 29.8 Å². The highest BCUT2D eigenvalue weighted by atomic mass is 16.3. The normalized spacial score (nSPS) is 15.2. The van der Waals surface area contributed by atoms with Gasteiger partial charge in [0.1, 0.15) is 42.0 Å². The van der Waals surface area contributed by atoms with Gasteiger partial charge in [-0.3, -0.25) is 38.6 Å². The third-order valence-corrected chi connectivity index (χ3v) is 9.51. The van der Waals surface area contributed by atoms with Gasteiger partial charge >= 0.3 is 0 Å². The Morgan fingerprint density at radius 3 is 1.78 bits per heavy atom. The summed E-state index contributed by atoms with van der Waals surface area (Å²) < 4.78 is 0. The molecule has 0 spiro atoms. The van der Waals surface area contributed by atoms with Crippen LogP contribution >= 0.6 is 0 Å². The molecule has 0 heterocycles. The van der Waals surface area contributed by atoms with E-state index in [0.29, 0.717) is 18.4 Å². The standard InChI is InChI=1S/C38H65N11O9/c1-7-21(5)30(32(40)53)48-36(57)28(17-23-11-13-24(51)14-12-23)47-34(55)26(10-9-15-43-38(41)42)45-29(52)18-44-37(58)31(22(6)8-2)49-35(56)27(16-20(3)4)46-33(54)25(39)19-50/h11-14,20-22,25-28,30-31,50-51H,7-10,15-19,39H2,1-6H3,(H2,40,53)(H,44,58)(H,45,52)(H,46,54)(H,47,55)(H,48,57)(H,49,56)(H4,41,42,43)/t21-,22-,25-,26-,27-,28-,30-,31-/m0/s1. The molecule has 8 atom stereocenters. The average Bonchev–Trinajstić information content (AvgIpc) is 3.17. The Bertz CT molecular complexity index is 1550. The lowest BCUT2D eigenvalue weighted by molar-refractivity contribution is -0.135. The van der Waals surface area contributed by atoms with Crippen molar-refractivity contribution in [1.82, 2.24) is 31.9 Å². The fourth-order valence-corrected chi connectivity index (χ4v) is 5.65. The van der Waals surface area contributed by atoms with Gasteiger partial charge in [-0.2, -0.15) is 0 Å². The molecule has 0 aliphatic carbocycles. The number of hydrogen-bond donors (Lipinski definition) is 12. The summed E-state index contributed by atoms with van der Waals surface area (Å²) in [5.74, 6) is -6.11. The minimum atomic E-state index is -1.26. The minimum Gasteiger partial charge on any atom is -0.508 e. The molecule has 16 N–H and O–H groups in total. The fourth-order valence-electron chi connectivity index (χ4n) is 5.65. The number of nitrogens with zero attached hydrogens (tertiary/aromatic N) is 1. The van der Waals surface area contributed by atoms with E-state index >= 15 is 0 Å². The topological polar surface area (TPSA) is 349 Å². The molecule has 1 aromatic carbocycles. The molecule has 1 rings (SSSR count). The first-order chi connectivity index (χ1) is 27.2. The van der Waals surface area contributed by atoms with Crippen LogP contribution in [0.2, 0.25) is 0 Å². The minimum absolute atomic E-state index is 0.00107. The highest BCUT2D eigenvalue weighted by Gasteiger charge is 2.33. The van der Waals surface area contributed by atoms with Gasteiger partial charge in [-0.25, -0.2) is 0 Å². The molecule has 58 heavy (non-hydrogen) atoms. The number of carbonyl (C=O) groups excluding carboxylic acids is 7. The molecular formula is C38H65N11O9. The Morgan fingerprint density at radius 2 is 1.24 bits per heavy atom. The van der Waals surface area contributed by atoms with Crippen molar-refractivity contribution in [3.63, 3.8) is 0 Å². The van der Waals surface area contributed by atoms with E-state index in [4.69, 9.17) is 22.9 Å². The zero-order chi connectivity index (χ0) is 44.1. The van der Waals surface area contributed by atoms with Crippen LogP contribution in [0.15, 0.2) is 29.3 Å². The number of aromatic hydroxyl groups is 1. The van der Waals surface area contributed by atoms with Crippen molar-refractivity contribution < 1.29 is 43.8 Å². The number of hydrogen-bond acceptors (Lipinski definition) is 11. The van der Waals surface area contributed by atoms with Crippen LogP contribution in [-0.2, 0) is 40.0 Å². The van der Waals surface area contributed by atoms with E-state index < -0.39 is 96.7 Å². The van der Waals surface area contributed by atoms with Gasteiger partial charge in [0.15, 0.2) is 5.96 Å². The SMILES string of the molecule is CC[C@H](C)[C@H](NC(=O)[C@H](Cc1ccc(O)cc1)NC(=O)[C@H](CCCN=C(N)N)NC(=O)CNC(=O)[C@@H](NC(=O)[C@H](CC(C)C)NC(=O)[C@@H](N)CO)[C@@H](C)CC)C(N)=O. The van der Waals surface area contributed by atoms with Crippen LogP contribution in [0.5, 0.6) is 5.75 Å². The molecule has 0 unspecified atom stereocenters. The molecule has 0 fully saturated rings. The lowest BCUT2D eigenvalue weighted by Gasteiger charge is -2.28. The quantitative estimate of drug-likeness (QED) is 0.0262. The number of carbonyl (C=O) groups is 7. The van der Waals surface area contributed by atoms with E-state index in [0.717, 1.165) is 0 Å². The highest BCUT2D eigenvalue weighted by Crippen LogP contribution is 2.14. The molecule has 326 valence electrons. The molecule has 0 saturated heterocycles. The van der Waals surface area contributed by atoms with Gasteiger partial charge in [-0.15, -0.1) is 0 Å². The average molecular weight is 820 g/mol. The second-order valence-electron chi connectivity index (χ2n) is 14.8. The van der Waals surface area contributed by atoms with Gasteiger partial charge in [0.25, 0.3) is 0 Å². The van der Waals surface area contributed by atoms with Gasteiger partial charge in [0.2, 0.25) is 41.4 Å². The lowest BCUT2D eigenvalue weighted by Crippen LogP contribution is -2.59. The number of aliphatic imine (C=N–C) groups is 1. The maximum Gasteiger partial charge on any atom is 0.243 e. The number of aliphatic hydroxyl groups excluding tert-OH is 1. The molecule has 0 aliphatic heterocycles. The fraction of sp³-hybridized carbons (Fsp3) is 0.632. The zero-order valence-corrected chi connectivity index (χ0v) is 34.4. The molecule has 0 radical (unpaired) electrons. The maximum absolute atomic E-state index is 13.8. The zero-order valence-electron chi connectivity index (χ0n) is 34.4. The van der Waals surface area contributed by atoms with Crippen molar-refractivity contribution in [3.8, 4) is 5.75 Å². The summed E-state index contributed by atoms with van der Waals surface area (Å²) in [6, 6.07) is -1.07. The number of nitrogens with one attached hydrogen (secondary N) is 6. The number of phenols is 1. The monoisotopic (exact) mass is 819 g/mol. The Morgan fingerprint density at radius 1 is 0.707 bits per heavy atom. The van der Waals surface area contributed by atoms with Crippen LogP contribution in [0.1, 0.15) is 79.2 Å². The lowest BCUT2D eigenvalue weighted by atomic mass is 9.96.